The number of benzene rings is 1. The van der Waals surface area contributed by atoms with Crippen LogP contribution in [0.4, 0.5) is 29.5 Å². The molecule has 2 amide bonds. The van der Waals surface area contributed by atoms with E-state index in [1.54, 1.807) is 17.9 Å². The largest absolute Gasteiger partial charge is 0.416 e. The van der Waals surface area contributed by atoms with Gasteiger partial charge in [0.25, 0.3) is 0 Å². The number of carbonyl (C=O) groups is 2. The fraction of sp³-hybridized carbons (Fsp3) is 0.593. The standard InChI is InChI=1S/C27H36F3N7O4S/c1-20(38)34-10-6-26(7-11-34)8-12-36(19-26)23-17-22(27(28,29)30)4-3-21(23)18-33-13-15-35(16-14-33)25(39)37-9-5-24(31-37)32-42(2,40)41/h3-5,9,17H,6-8,10-16,18-19H2,1-2H3,(H,31,32). The summed E-state index contributed by atoms with van der Waals surface area (Å²) >= 11 is 0. The van der Waals surface area contributed by atoms with Crippen molar-refractivity contribution in [1.29, 1.82) is 0 Å². The van der Waals surface area contributed by atoms with Crippen LogP contribution in [0.2, 0.25) is 0 Å². The van der Waals surface area contributed by atoms with E-state index in [4.69, 9.17) is 0 Å². The van der Waals surface area contributed by atoms with Crippen molar-refractivity contribution in [2.75, 3.05) is 68.2 Å². The van der Waals surface area contributed by atoms with Crippen LogP contribution >= 0.6 is 0 Å². The van der Waals surface area contributed by atoms with Gasteiger partial charge >= 0.3 is 12.2 Å². The third-order valence-electron chi connectivity index (χ3n) is 8.57. The maximum absolute atomic E-state index is 13.7. The lowest BCUT2D eigenvalue weighted by Gasteiger charge is -2.39. The molecule has 0 aliphatic carbocycles. The van der Waals surface area contributed by atoms with Crippen molar-refractivity contribution in [2.45, 2.75) is 38.9 Å². The van der Waals surface area contributed by atoms with Crippen molar-refractivity contribution in [3.05, 3.63) is 41.6 Å². The monoisotopic (exact) mass is 611 g/mol. The molecule has 42 heavy (non-hydrogen) atoms. The SMILES string of the molecule is CC(=O)N1CCC2(CC1)CCN(c1cc(C(F)(F)F)ccc1CN1CCN(C(=O)n3ccc(NS(C)(=O)=O)n3)CC1)C2. The Labute approximate surface area is 243 Å². The van der Waals surface area contributed by atoms with Crippen LogP contribution in [0, 0.1) is 5.41 Å². The highest BCUT2D eigenvalue weighted by Gasteiger charge is 2.42. The minimum Gasteiger partial charge on any atom is -0.371 e. The number of nitrogens with one attached hydrogen (secondary N) is 1. The number of carbonyl (C=O) groups excluding carboxylic acids is 2. The van der Waals surface area contributed by atoms with Crippen molar-refractivity contribution in [2.24, 2.45) is 5.41 Å². The van der Waals surface area contributed by atoms with Crippen molar-refractivity contribution in [1.82, 2.24) is 24.5 Å². The third-order valence-corrected chi connectivity index (χ3v) is 9.15. The van der Waals surface area contributed by atoms with Gasteiger partial charge in [-0.25, -0.2) is 13.2 Å². The molecular weight excluding hydrogens is 575 g/mol. The maximum Gasteiger partial charge on any atom is 0.416 e. The summed E-state index contributed by atoms with van der Waals surface area (Å²) in [5.74, 6) is 0.104. The molecule has 3 aliphatic heterocycles. The van der Waals surface area contributed by atoms with Crippen molar-refractivity contribution < 1.29 is 31.2 Å². The predicted octanol–water partition coefficient (Wildman–Crippen LogP) is 2.90. The number of anilines is 2. The number of amides is 2. The molecule has 3 fully saturated rings. The Hall–Kier alpha value is -3.33. The first-order valence-electron chi connectivity index (χ1n) is 14.0. The van der Waals surface area contributed by atoms with E-state index in [1.807, 2.05) is 4.90 Å². The number of likely N-dealkylation sites (tertiary alicyclic amines) is 1. The number of alkyl halides is 3. The second-order valence-electron chi connectivity index (χ2n) is 11.6. The zero-order valence-corrected chi connectivity index (χ0v) is 24.5. The lowest BCUT2D eigenvalue weighted by molar-refractivity contribution is -0.137. The summed E-state index contributed by atoms with van der Waals surface area (Å²) in [6.45, 7) is 6.51. The fourth-order valence-electron chi connectivity index (χ4n) is 6.17. The summed E-state index contributed by atoms with van der Waals surface area (Å²) in [5.41, 5.74) is 0.723. The molecule has 0 unspecified atom stereocenters. The third kappa shape index (κ3) is 6.83. The Morgan fingerprint density at radius 1 is 0.976 bits per heavy atom. The predicted molar refractivity (Wildman–Crippen MR) is 151 cm³/mol. The molecule has 1 N–H and O–H groups in total. The second kappa shape index (κ2) is 11.4. The molecule has 0 radical (unpaired) electrons. The Morgan fingerprint density at radius 3 is 2.26 bits per heavy atom. The van der Waals surface area contributed by atoms with E-state index in [0.29, 0.717) is 64.6 Å². The van der Waals surface area contributed by atoms with E-state index in [2.05, 4.69) is 19.6 Å². The first-order valence-corrected chi connectivity index (χ1v) is 15.9. The maximum atomic E-state index is 13.7. The Morgan fingerprint density at radius 2 is 1.64 bits per heavy atom. The van der Waals surface area contributed by atoms with E-state index in [1.165, 1.54) is 18.3 Å². The number of piperazine rings is 1. The molecule has 5 rings (SSSR count). The second-order valence-corrected chi connectivity index (χ2v) is 13.3. The van der Waals surface area contributed by atoms with Crippen LogP contribution in [-0.4, -0.2) is 103 Å². The normalized spacial score (nSPS) is 19.9. The van der Waals surface area contributed by atoms with Crippen LogP contribution in [-0.2, 0) is 27.5 Å². The summed E-state index contributed by atoms with van der Waals surface area (Å²) in [6.07, 6.45) is 0.501. The number of hydrogen-bond donors (Lipinski definition) is 1. The summed E-state index contributed by atoms with van der Waals surface area (Å²) in [6, 6.07) is 4.98. The molecule has 2 aromatic rings. The van der Waals surface area contributed by atoms with Gasteiger partial charge in [-0.3, -0.25) is 14.4 Å². The first kappa shape index (κ1) is 30.1. The molecule has 1 aromatic heterocycles. The van der Waals surface area contributed by atoms with Gasteiger partial charge in [-0.05, 0) is 42.4 Å². The summed E-state index contributed by atoms with van der Waals surface area (Å²) in [7, 11) is -3.52. The average molecular weight is 612 g/mol. The van der Waals surface area contributed by atoms with Gasteiger partial charge in [-0.1, -0.05) is 6.07 Å². The van der Waals surface area contributed by atoms with E-state index in [-0.39, 0.29) is 23.2 Å². The molecule has 0 atom stereocenters. The van der Waals surface area contributed by atoms with Gasteiger partial charge < -0.3 is 14.7 Å². The topological polar surface area (TPSA) is 111 Å². The molecule has 4 heterocycles. The zero-order chi connectivity index (χ0) is 30.3. The highest BCUT2D eigenvalue weighted by atomic mass is 32.2. The number of rotatable bonds is 5. The van der Waals surface area contributed by atoms with Crippen molar-refractivity contribution in [3.8, 4) is 0 Å². The van der Waals surface area contributed by atoms with E-state index >= 15 is 0 Å². The molecule has 0 saturated carbocycles. The number of hydrogen-bond acceptors (Lipinski definition) is 7. The highest BCUT2D eigenvalue weighted by molar-refractivity contribution is 7.92. The van der Waals surface area contributed by atoms with Gasteiger partial charge in [0.2, 0.25) is 15.9 Å². The number of aromatic nitrogens is 2. The minimum atomic E-state index is -4.45. The van der Waals surface area contributed by atoms with E-state index in [9.17, 15) is 31.2 Å². The molecule has 1 spiro atoms. The van der Waals surface area contributed by atoms with E-state index in [0.717, 1.165) is 41.8 Å². The van der Waals surface area contributed by atoms with Crippen LogP contribution in [0.5, 0.6) is 0 Å². The first-order chi connectivity index (χ1) is 19.7. The molecular formula is C27H36F3N7O4S. The molecule has 3 saturated heterocycles. The number of piperidine rings is 1. The fourth-order valence-corrected chi connectivity index (χ4v) is 6.66. The lowest BCUT2D eigenvalue weighted by Crippen LogP contribution is -2.49. The minimum absolute atomic E-state index is 0.00730. The molecule has 1 aromatic carbocycles. The van der Waals surface area contributed by atoms with Gasteiger partial charge in [0.1, 0.15) is 0 Å². The van der Waals surface area contributed by atoms with Gasteiger partial charge in [0.05, 0.1) is 11.8 Å². The van der Waals surface area contributed by atoms with Gasteiger partial charge in [-0.2, -0.15) is 17.9 Å². The van der Waals surface area contributed by atoms with Crippen molar-refractivity contribution in [3.63, 3.8) is 0 Å². The summed E-state index contributed by atoms with van der Waals surface area (Å²) in [5, 5.41) is 3.99. The number of halogens is 3. The molecule has 0 bridgehead atoms. The van der Waals surface area contributed by atoms with Crippen LogP contribution in [0.1, 0.15) is 37.3 Å². The van der Waals surface area contributed by atoms with Crippen LogP contribution in [0.3, 0.4) is 0 Å². The average Bonchev–Trinajstić information content (AvgIpc) is 3.55. The zero-order valence-electron chi connectivity index (χ0n) is 23.7. The van der Waals surface area contributed by atoms with Crippen LogP contribution in [0.25, 0.3) is 0 Å². The smallest absolute Gasteiger partial charge is 0.371 e. The quantitative estimate of drug-likeness (QED) is 0.554. The number of nitrogens with zero attached hydrogens (tertiary/aromatic N) is 6. The highest BCUT2D eigenvalue weighted by Crippen LogP contribution is 2.44. The number of sulfonamides is 1. The van der Waals surface area contributed by atoms with Crippen molar-refractivity contribution >= 4 is 33.5 Å². The summed E-state index contributed by atoms with van der Waals surface area (Å²) < 4.78 is 67.3. The van der Waals surface area contributed by atoms with E-state index < -0.39 is 21.8 Å². The van der Waals surface area contributed by atoms with Crippen LogP contribution < -0.4 is 9.62 Å². The van der Waals surface area contributed by atoms with Gasteiger partial charge in [-0.15, -0.1) is 5.10 Å². The lowest BCUT2D eigenvalue weighted by atomic mass is 9.78. The Bertz CT molecular complexity index is 1430. The Kier molecular flexibility index (Phi) is 8.18. The Balaban J connectivity index is 1.25. The summed E-state index contributed by atoms with van der Waals surface area (Å²) in [4.78, 5) is 32.3. The van der Waals surface area contributed by atoms with Gasteiger partial charge in [0, 0.05) is 83.8 Å². The molecule has 3 aliphatic rings. The van der Waals surface area contributed by atoms with Crippen LogP contribution in [0.15, 0.2) is 30.5 Å². The van der Waals surface area contributed by atoms with Gasteiger partial charge in [0.15, 0.2) is 5.82 Å². The molecule has 11 nitrogen and oxygen atoms in total. The molecule has 230 valence electrons. The molecule has 15 heteroatoms.